The molecule has 50 heavy (non-hydrogen) atoms. The third-order valence-corrected chi connectivity index (χ3v) is 8.30. The van der Waals surface area contributed by atoms with E-state index >= 15 is 0 Å². The van der Waals surface area contributed by atoms with E-state index in [1.54, 1.807) is 21.1 Å². The average Bonchev–Trinajstić information content (AvgIpc) is 3.06. The average molecular weight is 702 g/mol. The van der Waals surface area contributed by atoms with E-state index in [1.807, 2.05) is 48.6 Å². The zero-order chi connectivity index (χ0) is 37.1. The lowest BCUT2D eigenvalue weighted by molar-refractivity contribution is -0.889. The summed E-state index contributed by atoms with van der Waals surface area (Å²) in [7, 11) is 5.38. The highest BCUT2D eigenvalue weighted by Gasteiger charge is 2.25. The zero-order valence-corrected chi connectivity index (χ0v) is 32.3. The number of ether oxygens (including phenoxy) is 3. The fourth-order valence-corrected chi connectivity index (χ4v) is 5.27. The minimum atomic E-state index is -1.13. The van der Waals surface area contributed by atoms with Crippen molar-refractivity contribution in [3.63, 3.8) is 0 Å². The van der Waals surface area contributed by atoms with E-state index in [9.17, 15) is 19.5 Å². The molecule has 2 atom stereocenters. The van der Waals surface area contributed by atoms with Gasteiger partial charge in [0, 0.05) is 19.3 Å². The largest absolute Gasteiger partial charge is 0.544 e. The van der Waals surface area contributed by atoms with Gasteiger partial charge in [0.2, 0.25) is 0 Å². The Bertz CT molecular complexity index is 1010. The molecule has 0 heterocycles. The van der Waals surface area contributed by atoms with E-state index in [4.69, 9.17) is 14.2 Å². The third-order valence-electron chi connectivity index (χ3n) is 8.30. The first-order chi connectivity index (χ1) is 24.1. The van der Waals surface area contributed by atoms with Gasteiger partial charge in [0.15, 0.2) is 6.10 Å². The van der Waals surface area contributed by atoms with Gasteiger partial charge in [0.05, 0.1) is 40.3 Å². The number of aliphatic carboxylic acids is 1. The lowest BCUT2D eigenvalue weighted by atomic mass is 10.1. The van der Waals surface area contributed by atoms with Crippen molar-refractivity contribution in [3.8, 4) is 0 Å². The molecule has 0 saturated carbocycles. The van der Waals surface area contributed by atoms with Crippen molar-refractivity contribution < 1.29 is 38.2 Å². The van der Waals surface area contributed by atoms with Crippen LogP contribution < -0.4 is 5.11 Å². The van der Waals surface area contributed by atoms with Crippen molar-refractivity contribution in [2.75, 3.05) is 41.0 Å². The molecule has 0 bridgehead atoms. The molecular weight excluding hydrogens is 630 g/mol. The lowest BCUT2D eigenvalue weighted by Crippen LogP contribution is -2.55. The van der Waals surface area contributed by atoms with Crippen LogP contribution in [0.5, 0.6) is 0 Å². The smallest absolute Gasteiger partial charge is 0.306 e. The molecule has 0 aliphatic heterocycles. The second-order valence-corrected chi connectivity index (χ2v) is 13.9. The number of carboxylic acid groups (broad SMARTS) is 1. The number of hydrogen-bond acceptors (Lipinski definition) is 7. The topological polar surface area (TPSA) is 102 Å². The highest BCUT2D eigenvalue weighted by atomic mass is 16.6. The van der Waals surface area contributed by atoms with Gasteiger partial charge < -0.3 is 28.6 Å². The van der Waals surface area contributed by atoms with Gasteiger partial charge in [-0.25, -0.2) is 0 Å². The second-order valence-electron chi connectivity index (χ2n) is 13.9. The van der Waals surface area contributed by atoms with Crippen molar-refractivity contribution in [3.05, 3.63) is 60.8 Å². The number of nitrogens with zero attached hydrogens (tertiary/aromatic N) is 1. The molecule has 0 spiro atoms. The first-order valence-corrected chi connectivity index (χ1v) is 19.4. The molecule has 0 radical (unpaired) electrons. The fraction of sp³-hybridized carbons (Fsp3) is 0.690. The lowest BCUT2D eigenvalue weighted by Gasteiger charge is -2.34. The molecule has 8 nitrogen and oxygen atoms in total. The number of carboxylic acids is 1. The van der Waals surface area contributed by atoms with Gasteiger partial charge >= 0.3 is 11.9 Å². The van der Waals surface area contributed by atoms with Crippen LogP contribution in [0.25, 0.3) is 0 Å². The number of carbonyl (C=O) groups excluding carboxylic acids is 3. The summed E-state index contributed by atoms with van der Waals surface area (Å²) in [6, 6.07) is -0.732. The quantitative estimate of drug-likeness (QED) is 0.0293. The summed E-state index contributed by atoms with van der Waals surface area (Å²) in [5.74, 6) is -1.80. The standard InChI is InChI=1S/C42H71NO7/c1-6-8-10-12-14-16-18-19-20-21-23-24-26-28-30-32-40(44)49-37-38(36-48-35-34-39(42(46)47)43(3,4)5)50-41(45)33-31-29-27-25-22-17-15-13-11-9-7-2/h8,10,12,14,16,18-21,23,38-39H,6-7,9,11,13,15,17,22,24-37H2,1-5H3/b10-8+,14-12+,18-16+,20-19+,23-21+. The highest BCUT2D eigenvalue weighted by molar-refractivity contribution is 5.70. The van der Waals surface area contributed by atoms with E-state index < -0.39 is 18.1 Å². The maximum absolute atomic E-state index is 12.6. The van der Waals surface area contributed by atoms with Crippen LogP contribution in [0.3, 0.4) is 0 Å². The van der Waals surface area contributed by atoms with Gasteiger partial charge in [-0.3, -0.25) is 9.59 Å². The van der Waals surface area contributed by atoms with Gasteiger partial charge in [-0.2, -0.15) is 0 Å². The summed E-state index contributed by atoms with van der Waals surface area (Å²) in [6.45, 7) is 4.44. The Morgan fingerprint density at radius 1 is 0.620 bits per heavy atom. The van der Waals surface area contributed by atoms with Crippen molar-refractivity contribution in [2.45, 2.75) is 148 Å². The fourth-order valence-electron chi connectivity index (χ4n) is 5.27. The van der Waals surface area contributed by atoms with Crippen molar-refractivity contribution in [2.24, 2.45) is 0 Å². The first kappa shape index (κ1) is 47.0. The summed E-state index contributed by atoms with van der Waals surface area (Å²) in [5.41, 5.74) is 0. The van der Waals surface area contributed by atoms with Gasteiger partial charge in [-0.05, 0) is 32.1 Å². The number of unbranched alkanes of at least 4 members (excludes halogenated alkanes) is 13. The third kappa shape index (κ3) is 31.0. The molecule has 0 N–H and O–H groups in total. The molecule has 0 amide bonds. The summed E-state index contributed by atoms with van der Waals surface area (Å²) in [4.78, 5) is 36.6. The van der Waals surface area contributed by atoms with Crippen LogP contribution in [0.1, 0.15) is 136 Å². The Morgan fingerprint density at radius 3 is 1.66 bits per heavy atom. The van der Waals surface area contributed by atoms with E-state index in [2.05, 4.69) is 26.0 Å². The van der Waals surface area contributed by atoms with Crippen LogP contribution in [0.4, 0.5) is 0 Å². The molecule has 0 aliphatic carbocycles. The molecule has 0 aromatic rings. The number of quaternary nitrogens is 1. The first-order valence-electron chi connectivity index (χ1n) is 19.4. The predicted molar refractivity (Wildman–Crippen MR) is 203 cm³/mol. The molecule has 0 aromatic carbocycles. The summed E-state index contributed by atoms with van der Waals surface area (Å²) < 4.78 is 17.0. The van der Waals surface area contributed by atoms with Crippen LogP contribution in [0.2, 0.25) is 0 Å². The normalized spacial score (nSPS) is 13.7. The minimum Gasteiger partial charge on any atom is -0.544 e. The van der Waals surface area contributed by atoms with E-state index in [-0.39, 0.29) is 42.7 Å². The van der Waals surface area contributed by atoms with Gasteiger partial charge in [0.25, 0.3) is 0 Å². The molecule has 0 fully saturated rings. The Morgan fingerprint density at radius 2 is 1.12 bits per heavy atom. The van der Waals surface area contributed by atoms with E-state index in [1.165, 1.54) is 51.4 Å². The van der Waals surface area contributed by atoms with Crippen LogP contribution >= 0.6 is 0 Å². The van der Waals surface area contributed by atoms with Crippen LogP contribution in [-0.2, 0) is 28.6 Å². The summed E-state index contributed by atoms with van der Waals surface area (Å²) >= 11 is 0. The summed E-state index contributed by atoms with van der Waals surface area (Å²) in [6.07, 6.45) is 38.1. The van der Waals surface area contributed by atoms with E-state index in [0.717, 1.165) is 51.4 Å². The van der Waals surface area contributed by atoms with Crippen molar-refractivity contribution in [1.29, 1.82) is 0 Å². The molecular formula is C42H71NO7. The molecule has 8 heteroatoms. The molecule has 0 aliphatic rings. The number of hydrogen-bond donors (Lipinski definition) is 0. The van der Waals surface area contributed by atoms with Crippen molar-refractivity contribution >= 4 is 17.9 Å². The van der Waals surface area contributed by atoms with Crippen molar-refractivity contribution in [1.82, 2.24) is 0 Å². The Balaban J connectivity index is 4.51. The molecule has 2 unspecified atom stereocenters. The number of esters is 2. The minimum absolute atomic E-state index is 0.0256. The van der Waals surface area contributed by atoms with Gasteiger partial charge in [-0.15, -0.1) is 0 Å². The predicted octanol–water partition coefficient (Wildman–Crippen LogP) is 8.52. The van der Waals surface area contributed by atoms with E-state index in [0.29, 0.717) is 12.8 Å². The van der Waals surface area contributed by atoms with Crippen LogP contribution in [0, 0.1) is 0 Å². The Labute approximate surface area is 305 Å². The monoisotopic (exact) mass is 702 g/mol. The van der Waals surface area contributed by atoms with Crippen LogP contribution in [0.15, 0.2) is 60.8 Å². The second kappa shape index (κ2) is 33.2. The van der Waals surface area contributed by atoms with Crippen LogP contribution in [-0.4, -0.2) is 75.5 Å². The molecule has 0 rings (SSSR count). The maximum Gasteiger partial charge on any atom is 0.306 e. The maximum atomic E-state index is 12.6. The molecule has 0 saturated heterocycles. The number of likely N-dealkylation sites (N-methyl/N-ethyl adjacent to an activating group) is 1. The number of rotatable bonds is 33. The Hall–Kier alpha value is -2.97. The Kier molecular flexibility index (Phi) is 31.2. The SMILES string of the molecule is CC/C=C/C=C/C=C/C=C/C=C/CCCCCC(=O)OCC(COCCC(C(=O)[O-])[N+](C)(C)C)OC(=O)CCCCCCCCCCCCC. The summed E-state index contributed by atoms with van der Waals surface area (Å²) in [5, 5.41) is 11.6. The van der Waals surface area contributed by atoms with Gasteiger partial charge in [0.1, 0.15) is 12.6 Å². The molecule has 286 valence electrons. The van der Waals surface area contributed by atoms with Gasteiger partial charge in [-0.1, -0.05) is 145 Å². The highest BCUT2D eigenvalue weighted by Crippen LogP contribution is 2.13. The molecule has 0 aromatic heterocycles. The zero-order valence-electron chi connectivity index (χ0n) is 32.3. The number of carbonyl (C=O) groups is 3. The number of allylic oxidation sites excluding steroid dienone is 10.